The Bertz CT molecular complexity index is 1290. The summed E-state index contributed by atoms with van der Waals surface area (Å²) in [7, 11) is 3.74. The van der Waals surface area contributed by atoms with Crippen LogP contribution in [0.15, 0.2) is 61.8 Å². The minimum atomic E-state index is -0.326. The lowest BCUT2D eigenvalue weighted by atomic mass is 10.1. The van der Waals surface area contributed by atoms with Gasteiger partial charge in [-0.15, -0.1) is 0 Å². The predicted molar refractivity (Wildman–Crippen MR) is 113 cm³/mol. The summed E-state index contributed by atoms with van der Waals surface area (Å²) in [5, 5.41) is 20.7. The number of nitriles is 1. The fraction of sp³-hybridized carbons (Fsp3) is 0.0952. The van der Waals surface area contributed by atoms with Crippen LogP contribution in [0.3, 0.4) is 0 Å². The summed E-state index contributed by atoms with van der Waals surface area (Å²) in [6.07, 6.45) is 9.94. The van der Waals surface area contributed by atoms with E-state index in [1.165, 1.54) is 6.08 Å². The minimum Gasteiger partial charge on any atom is -0.342 e. The highest BCUT2D eigenvalue weighted by Gasteiger charge is 2.17. The third-order valence-corrected chi connectivity index (χ3v) is 4.68. The number of anilines is 3. The topological polar surface area (TPSA) is 104 Å². The maximum Gasteiger partial charge on any atom is 0.248 e. The van der Waals surface area contributed by atoms with Crippen LogP contribution in [0.4, 0.5) is 17.2 Å². The fourth-order valence-electron chi connectivity index (χ4n) is 3.14. The molecule has 4 rings (SSSR count). The number of aryl methyl sites for hydroxylation is 1. The van der Waals surface area contributed by atoms with E-state index in [9.17, 15) is 10.1 Å². The molecule has 0 radical (unpaired) electrons. The number of pyridine rings is 2. The van der Waals surface area contributed by atoms with Gasteiger partial charge in [-0.2, -0.15) is 15.5 Å². The molecular weight excluding hydrogens is 380 g/mol. The Morgan fingerprint density at radius 2 is 2.07 bits per heavy atom. The fourth-order valence-corrected chi connectivity index (χ4v) is 3.14. The second-order valence-electron chi connectivity index (χ2n) is 6.63. The summed E-state index contributed by atoms with van der Waals surface area (Å²) >= 11 is 0. The van der Waals surface area contributed by atoms with Crippen molar-refractivity contribution in [1.29, 1.82) is 5.26 Å². The molecule has 0 fully saturated rings. The molecule has 9 nitrogen and oxygen atoms in total. The van der Waals surface area contributed by atoms with Crippen molar-refractivity contribution in [2.45, 2.75) is 0 Å². The summed E-state index contributed by atoms with van der Waals surface area (Å²) < 4.78 is 3.42. The molecule has 148 valence electrons. The van der Waals surface area contributed by atoms with Gasteiger partial charge in [-0.05, 0) is 24.3 Å². The Morgan fingerprint density at radius 3 is 2.70 bits per heavy atom. The third-order valence-electron chi connectivity index (χ3n) is 4.68. The van der Waals surface area contributed by atoms with Gasteiger partial charge in [0.15, 0.2) is 0 Å². The van der Waals surface area contributed by atoms with Crippen molar-refractivity contribution < 1.29 is 4.79 Å². The van der Waals surface area contributed by atoms with E-state index in [-0.39, 0.29) is 5.91 Å². The molecule has 0 aliphatic heterocycles. The second kappa shape index (κ2) is 7.52. The van der Waals surface area contributed by atoms with Gasteiger partial charge >= 0.3 is 0 Å². The van der Waals surface area contributed by atoms with E-state index in [0.717, 1.165) is 22.5 Å². The molecule has 1 amide bonds. The van der Waals surface area contributed by atoms with Gasteiger partial charge in [0.1, 0.15) is 17.4 Å². The molecule has 4 aromatic heterocycles. The van der Waals surface area contributed by atoms with Crippen LogP contribution in [0.1, 0.15) is 5.56 Å². The van der Waals surface area contributed by atoms with Gasteiger partial charge in [0, 0.05) is 37.6 Å². The van der Waals surface area contributed by atoms with Crippen molar-refractivity contribution in [2.24, 2.45) is 7.05 Å². The van der Waals surface area contributed by atoms with Crippen LogP contribution in [-0.2, 0) is 11.8 Å². The van der Waals surface area contributed by atoms with E-state index in [0.29, 0.717) is 16.9 Å². The highest BCUT2D eigenvalue weighted by molar-refractivity contribution is 5.98. The number of rotatable bonds is 5. The van der Waals surface area contributed by atoms with Crippen LogP contribution in [-0.4, -0.2) is 37.3 Å². The molecule has 0 bridgehead atoms. The molecule has 0 saturated heterocycles. The lowest BCUT2D eigenvalue weighted by Gasteiger charge is -2.21. The number of amides is 1. The summed E-state index contributed by atoms with van der Waals surface area (Å²) in [6.45, 7) is 3.43. The molecule has 0 atom stereocenters. The van der Waals surface area contributed by atoms with Crippen LogP contribution < -0.4 is 10.2 Å². The molecule has 0 aromatic carbocycles. The number of nitrogens with zero attached hydrogens (tertiary/aromatic N) is 7. The van der Waals surface area contributed by atoms with Crippen molar-refractivity contribution in [2.75, 3.05) is 17.3 Å². The molecule has 0 spiro atoms. The van der Waals surface area contributed by atoms with Gasteiger partial charge in [-0.25, -0.2) is 9.50 Å². The average molecular weight is 398 g/mol. The number of aromatic nitrogens is 5. The quantitative estimate of drug-likeness (QED) is 0.519. The normalized spacial score (nSPS) is 10.6. The van der Waals surface area contributed by atoms with Gasteiger partial charge in [0.25, 0.3) is 0 Å². The first-order valence-electron chi connectivity index (χ1n) is 9.04. The zero-order valence-electron chi connectivity index (χ0n) is 16.4. The number of hydrogen-bond acceptors (Lipinski definition) is 6. The summed E-state index contributed by atoms with van der Waals surface area (Å²) in [5.41, 5.74) is 4.57. The van der Waals surface area contributed by atoms with Crippen LogP contribution in [0.5, 0.6) is 0 Å². The summed E-state index contributed by atoms with van der Waals surface area (Å²) in [4.78, 5) is 17.7. The van der Waals surface area contributed by atoms with Crippen molar-refractivity contribution in [3.63, 3.8) is 0 Å². The number of hydrogen-bond donors (Lipinski definition) is 1. The number of carbonyl (C=O) groups is 1. The molecule has 4 aromatic rings. The first kappa shape index (κ1) is 18.9. The first-order valence-corrected chi connectivity index (χ1v) is 9.04. The molecule has 0 unspecified atom stereocenters. The Balaban J connectivity index is 1.80. The number of carbonyl (C=O) groups excluding carboxylic acids is 1. The molecule has 1 N–H and O–H groups in total. The van der Waals surface area contributed by atoms with Crippen molar-refractivity contribution >= 4 is 28.6 Å². The van der Waals surface area contributed by atoms with E-state index in [4.69, 9.17) is 0 Å². The van der Waals surface area contributed by atoms with Crippen LogP contribution in [0, 0.1) is 11.3 Å². The maximum atomic E-state index is 11.5. The highest BCUT2D eigenvalue weighted by atomic mass is 16.1. The van der Waals surface area contributed by atoms with E-state index in [2.05, 4.69) is 33.1 Å². The molecular formula is C21H18N8O. The molecule has 0 aliphatic rings. The van der Waals surface area contributed by atoms with E-state index in [1.54, 1.807) is 33.9 Å². The maximum absolute atomic E-state index is 11.5. The first-order chi connectivity index (χ1) is 14.5. The van der Waals surface area contributed by atoms with Gasteiger partial charge in [0.05, 0.1) is 35.5 Å². The molecule has 0 aliphatic carbocycles. The monoisotopic (exact) mass is 398 g/mol. The van der Waals surface area contributed by atoms with Gasteiger partial charge in [-0.1, -0.05) is 6.58 Å². The van der Waals surface area contributed by atoms with Crippen LogP contribution >= 0.6 is 0 Å². The van der Waals surface area contributed by atoms with E-state index >= 15 is 0 Å². The highest BCUT2D eigenvalue weighted by Crippen LogP contribution is 2.33. The van der Waals surface area contributed by atoms with Crippen molar-refractivity contribution in [3.8, 4) is 17.2 Å². The standard InChI is InChI=1S/C21H18N8O/c1-4-20(30)26-19-6-5-17(11-23-19)28(3)18-7-14(16-10-24-27(2)12-16)13-29-21(18)15(8-22)9-25-29/h4-7,9-13H,1H2,2-3H3,(H,23,26,30). The largest absolute Gasteiger partial charge is 0.342 e. The third kappa shape index (κ3) is 3.38. The van der Waals surface area contributed by atoms with Crippen molar-refractivity contribution in [1.82, 2.24) is 24.4 Å². The average Bonchev–Trinajstić information content (AvgIpc) is 3.39. The lowest BCUT2D eigenvalue weighted by Crippen LogP contribution is -2.13. The van der Waals surface area contributed by atoms with Crippen LogP contribution in [0.25, 0.3) is 16.6 Å². The van der Waals surface area contributed by atoms with E-state index < -0.39 is 0 Å². The summed E-state index contributed by atoms with van der Waals surface area (Å²) in [6, 6.07) is 7.73. The van der Waals surface area contributed by atoms with E-state index in [1.807, 2.05) is 43.5 Å². The second-order valence-corrected chi connectivity index (χ2v) is 6.63. The Hall–Kier alpha value is -4.45. The number of fused-ring (bicyclic) bond motifs is 1. The molecule has 4 heterocycles. The van der Waals surface area contributed by atoms with Gasteiger partial charge < -0.3 is 10.2 Å². The molecule has 0 saturated carbocycles. The smallest absolute Gasteiger partial charge is 0.248 e. The Labute approximate surface area is 172 Å². The lowest BCUT2D eigenvalue weighted by molar-refractivity contribution is -0.111. The van der Waals surface area contributed by atoms with Gasteiger partial charge in [0.2, 0.25) is 5.91 Å². The van der Waals surface area contributed by atoms with Crippen molar-refractivity contribution in [3.05, 3.63) is 67.4 Å². The Morgan fingerprint density at radius 1 is 1.23 bits per heavy atom. The number of nitrogens with one attached hydrogen (secondary N) is 1. The van der Waals surface area contributed by atoms with Crippen LogP contribution in [0.2, 0.25) is 0 Å². The predicted octanol–water partition coefficient (Wildman–Crippen LogP) is 2.89. The molecule has 30 heavy (non-hydrogen) atoms. The van der Waals surface area contributed by atoms with Gasteiger partial charge in [-0.3, -0.25) is 9.48 Å². The summed E-state index contributed by atoms with van der Waals surface area (Å²) in [5.74, 6) is 0.0979. The molecule has 9 heteroatoms. The minimum absolute atomic E-state index is 0.326. The SMILES string of the molecule is C=CC(=O)Nc1ccc(N(C)c2cc(-c3cnn(C)c3)cn3ncc(C#N)c23)cn1. The Kier molecular flexibility index (Phi) is 4.74. The zero-order valence-corrected chi connectivity index (χ0v) is 16.4. The zero-order chi connectivity index (χ0) is 21.3.